The van der Waals surface area contributed by atoms with Gasteiger partial charge in [-0.3, -0.25) is 9.59 Å². The second kappa shape index (κ2) is 8.88. The number of ether oxygens (including phenoxy) is 3. The minimum Gasteiger partial charge on any atom is -0.484 e. The molecule has 1 saturated carbocycles. The van der Waals surface area contributed by atoms with Crippen molar-refractivity contribution >= 4 is 17.5 Å². The predicted molar refractivity (Wildman–Crippen MR) is 117 cm³/mol. The van der Waals surface area contributed by atoms with Gasteiger partial charge in [-0.25, -0.2) is 0 Å². The number of hydrogen-bond acceptors (Lipinski definition) is 5. The van der Waals surface area contributed by atoms with Crippen LogP contribution in [-0.2, 0) is 15.0 Å². The van der Waals surface area contributed by atoms with Crippen molar-refractivity contribution in [2.24, 2.45) is 0 Å². The van der Waals surface area contributed by atoms with Crippen molar-refractivity contribution < 1.29 is 23.8 Å². The van der Waals surface area contributed by atoms with Gasteiger partial charge in [0, 0.05) is 19.8 Å². The standard InChI is InChI=1S/C24H28N2O5/c1-26(2)22(27)15-29-19-9-7-18(8-10-19)25-23(28)24(12-4-3-5-13-24)17-6-11-20-21(14-17)31-16-30-20/h6-11,14H,3-5,12-13,15-16H2,1-2H3,(H,25,28). The number of carbonyl (C=O) groups excluding carboxylic acids is 2. The van der Waals surface area contributed by atoms with E-state index in [1.54, 1.807) is 38.4 Å². The van der Waals surface area contributed by atoms with Crippen LogP contribution in [0, 0.1) is 0 Å². The van der Waals surface area contributed by atoms with E-state index in [0.29, 0.717) is 17.2 Å². The van der Waals surface area contributed by atoms with Crippen LogP contribution in [0.5, 0.6) is 17.2 Å². The number of benzene rings is 2. The topological polar surface area (TPSA) is 77.1 Å². The number of likely N-dealkylation sites (N-methyl/N-ethyl adjacent to an activating group) is 1. The third kappa shape index (κ3) is 4.45. The first kappa shape index (κ1) is 21.0. The number of nitrogens with zero attached hydrogens (tertiary/aromatic N) is 1. The second-order valence-corrected chi connectivity index (χ2v) is 8.27. The number of carbonyl (C=O) groups is 2. The fourth-order valence-electron chi connectivity index (χ4n) is 4.16. The molecule has 2 aromatic rings. The van der Waals surface area contributed by atoms with Gasteiger partial charge in [0.25, 0.3) is 5.91 Å². The van der Waals surface area contributed by atoms with Gasteiger partial charge >= 0.3 is 0 Å². The molecule has 1 heterocycles. The number of nitrogens with one attached hydrogen (secondary N) is 1. The van der Waals surface area contributed by atoms with Crippen molar-refractivity contribution in [1.29, 1.82) is 0 Å². The van der Waals surface area contributed by atoms with Crippen LogP contribution in [0.1, 0.15) is 37.7 Å². The summed E-state index contributed by atoms with van der Waals surface area (Å²) in [6, 6.07) is 12.9. The highest BCUT2D eigenvalue weighted by Crippen LogP contribution is 2.44. The normalized spacial score (nSPS) is 16.5. The molecule has 31 heavy (non-hydrogen) atoms. The van der Waals surface area contributed by atoms with E-state index in [1.807, 2.05) is 18.2 Å². The lowest BCUT2D eigenvalue weighted by Gasteiger charge is -2.36. The van der Waals surface area contributed by atoms with E-state index in [2.05, 4.69) is 5.32 Å². The Labute approximate surface area is 182 Å². The molecule has 0 radical (unpaired) electrons. The number of fused-ring (bicyclic) bond motifs is 1. The summed E-state index contributed by atoms with van der Waals surface area (Å²) < 4.78 is 16.5. The van der Waals surface area contributed by atoms with Crippen LogP contribution >= 0.6 is 0 Å². The summed E-state index contributed by atoms with van der Waals surface area (Å²) >= 11 is 0. The Morgan fingerprint density at radius 1 is 1.00 bits per heavy atom. The maximum absolute atomic E-state index is 13.5. The Bertz CT molecular complexity index is 949. The van der Waals surface area contributed by atoms with Crippen LogP contribution in [0.15, 0.2) is 42.5 Å². The molecular formula is C24H28N2O5. The molecule has 0 aromatic heterocycles. The third-order valence-electron chi connectivity index (χ3n) is 6.04. The van der Waals surface area contributed by atoms with Crippen LogP contribution in [0.2, 0.25) is 0 Å². The highest BCUT2D eigenvalue weighted by Gasteiger charge is 2.42. The van der Waals surface area contributed by atoms with Gasteiger partial charge in [0.15, 0.2) is 18.1 Å². The number of hydrogen-bond donors (Lipinski definition) is 1. The molecule has 2 aliphatic rings. The average molecular weight is 424 g/mol. The summed E-state index contributed by atoms with van der Waals surface area (Å²) in [7, 11) is 3.37. The van der Waals surface area contributed by atoms with Gasteiger partial charge in [0.1, 0.15) is 5.75 Å². The van der Waals surface area contributed by atoms with Crippen molar-refractivity contribution in [3.8, 4) is 17.2 Å². The van der Waals surface area contributed by atoms with Crippen molar-refractivity contribution in [2.75, 3.05) is 32.8 Å². The van der Waals surface area contributed by atoms with E-state index in [4.69, 9.17) is 14.2 Å². The molecule has 1 fully saturated rings. The van der Waals surface area contributed by atoms with Gasteiger partial charge in [-0.05, 0) is 54.8 Å². The van der Waals surface area contributed by atoms with Gasteiger partial charge < -0.3 is 24.4 Å². The first-order chi connectivity index (χ1) is 15.0. The summed E-state index contributed by atoms with van der Waals surface area (Å²) in [5, 5.41) is 3.09. The maximum atomic E-state index is 13.5. The minimum absolute atomic E-state index is 0.0116. The zero-order valence-corrected chi connectivity index (χ0v) is 18.0. The first-order valence-corrected chi connectivity index (χ1v) is 10.6. The van der Waals surface area contributed by atoms with Gasteiger partial charge in [-0.1, -0.05) is 25.3 Å². The van der Waals surface area contributed by atoms with Crippen LogP contribution in [0.25, 0.3) is 0 Å². The molecule has 2 aromatic carbocycles. The molecule has 0 unspecified atom stereocenters. The lowest BCUT2D eigenvalue weighted by molar-refractivity contribution is -0.130. The molecule has 4 rings (SSSR count). The quantitative estimate of drug-likeness (QED) is 0.765. The largest absolute Gasteiger partial charge is 0.484 e. The Balaban J connectivity index is 1.49. The highest BCUT2D eigenvalue weighted by molar-refractivity contribution is 5.99. The number of rotatable bonds is 6. The van der Waals surface area contributed by atoms with E-state index in [1.165, 1.54) is 4.90 Å². The van der Waals surface area contributed by atoms with Crippen LogP contribution in [0.3, 0.4) is 0 Å². The predicted octanol–water partition coefficient (Wildman–Crippen LogP) is 3.72. The molecule has 1 N–H and O–H groups in total. The molecule has 7 nitrogen and oxygen atoms in total. The number of amides is 2. The Kier molecular flexibility index (Phi) is 6.02. The monoisotopic (exact) mass is 424 g/mol. The summed E-state index contributed by atoms with van der Waals surface area (Å²) in [6.07, 6.45) is 4.75. The van der Waals surface area contributed by atoms with Crippen molar-refractivity contribution in [3.63, 3.8) is 0 Å². The Hall–Kier alpha value is -3.22. The minimum atomic E-state index is -0.591. The van der Waals surface area contributed by atoms with Gasteiger partial charge in [-0.2, -0.15) is 0 Å². The molecule has 0 bridgehead atoms. The molecule has 0 spiro atoms. The lowest BCUT2D eigenvalue weighted by atomic mass is 9.68. The van der Waals surface area contributed by atoms with Crippen molar-refractivity contribution in [2.45, 2.75) is 37.5 Å². The fraction of sp³-hybridized carbons (Fsp3) is 0.417. The summed E-state index contributed by atoms with van der Waals surface area (Å²) in [6.45, 7) is 0.193. The van der Waals surface area contributed by atoms with E-state index < -0.39 is 5.41 Å². The summed E-state index contributed by atoms with van der Waals surface area (Å²) in [5.74, 6) is 1.88. The lowest BCUT2D eigenvalue weighted by Crippen LogP contribution is -2.42. The molecular weight excluding hydrogens is 396 g/mol. The third-order valence-corrected chi connectivity index (χ3v) is 6.04. The second-order valence-electron chi connectivity index (χ2n) is 8.27. The molecule has 2 amide bonds. The molecule has 0 saturated heterocycles. The van der Waals surface area contributed by atoms with Crippen molar-refractivity contribution in [1.82, 2.24) is 4.90 Å². The summed E-state index contributed by atoms with van der Waals surface area (Å²) in [5.41, 5.74) is 1.07. The van der Waals surface area contributed by atoms with Crippen molar-refractivity contribution in [3.05, 3.63) is 48.0 Å². The van der Waals surface area contributed by atoms with E-state index in [0.717, 1.165) is 43.4 Å². The molecule has 1 aliphatic carbocycles. The molecule has 1 aliphatic heterocycles. The van der Waals surface area contributed by atoms with Crippen LogP contribution < -0.4 is 19.5 Å². The van der Waals surface area contributed by atoms with E-state index in [-0.39, 0.29) is 25.2 Å². The van der Waals surface area contributed by atoms with Crippen LogP contribution in [-0.4, -0.2) is 44.2 Å². The summed E-state index contributed by atoms with van der Waals surface area (Å²) in [4.78, 5) is 26.7. The zero-order chi connectivity index (χ0) is 21.8. The van der Waals surface area contributed by atoms with Gasteiger partial charge in [-0.15, -0.1) is 0 Å². The molecule has 7 heteroatoms. The Morgan fingerprint density at radius 3 is 2.42 bits per heavy atom. The Morgan fingerprint density at radius 2 is 1.71 bits per heavy atom. The molecule has 164 valence electrons. The van der Waals surface area contributed by atoms with Crippen LogP contribution in [0.4, 0.5) is 5.69 Å². The highest BCUT2D eigenvalue weighted by atomic mass is 16.7. The zero-order valence-electron chi connectivity index (χ0n) is 18.0. The first-order valence-electron chi connectivity index (χ1n) is 10.6. The maximum Gasteiger partial charge on any atom is 0.259 e. The fourth-order valence-corrected chi connectivity index (χ4v) is 4.16. The smallest absolute Gasteiger partial charge is 0.259 e. The van der Waals surface area contributed by atoms with E-state index >= 15 is 0 Å². The molecule has 0 atom stereocenters. The van der Waals surface area contributed by atoms with Gasteiger partial charge in [0.2, 0.25) is 12.7 Å². The SMILES string of the molecule is CN(C)C(=O)COc1ccc(NC(=O)C2(c3ccc4c(c3)OCO4)CCCCC2)cc1. The average Bonchev–Trinajstić information content (AvgIpc) is 3.26. The van der Waals surface area contributed by atoms with E-state index in [9.17, 15) is 9.59 Å². The van der Waals surface area contributed by atoms with Gasteiger partial charge in [0.05, 0.1) is 5.41 Å². The number of anilines is 1.